The Morgan fingerprint density at radius 3 is 2.31 bits per heavy atom. The summed E-state index contributed by atoms with van der Waals surface area (Å²) in [5.74, 6) is 0.404. The fourth-order valence-corrected chi connectivity index (χ4v) is 3.65. The second kappa shape index (κ2) is 8.23. The molecule has 0 aromatic heterocycles. The summed E-state index contributed by atoms with van der Waals surface area (Å²) in [6, 6.07) is 12.3. The molecule has 140 valence electrons. The number of hydrogen-bond acceptors (Lipinski definition) is 4. The van der Waals surface area contributed by atoms with Crippen molar-refractivity contribution in [3.8, 4) is 5.75 Å². The Bertz CT molecular complexity index is 877. The lowest BCUT2D eigenvalue weighted by Gasteiger charge is -2.24. The fraction of sp³-hybridized carbons (Fsp3) is 0.316. The Morgan fingerprint density at radius 1 is 1.12 bits per heavy atom. The molecule has 0 saturated heterocycles. The van der Waals surface area contributed by atoms with Gasteiger partial charge < -0.3 is 10.1 Å². The molecule has 2 aromatic rings. The third-order valence-corrected chi connectivity index (χ3v) is 5.15. The first-order valence-electron chi connectivity index (χ1n) is 8.19. The van der Waals surface area contributed by atoms with Gasteiger partial charge in [0.2, 0.25) is 10.0 Å². The van der Waals surface area contributed by atoms with E-state index in [1.165, 1.54) is 4.31 Å². The Morgan fingerprint density at radius 2 is 1.77 bits per heavy atom. The van der Waals surface area contributed by atoms with Crippen molar-refractivity contribution in [1.82, 2.24) is 5.32 Å². The van der Waals surface area contributed by atoms with Crippen LogP contribution >= 0.6 is 0 Å². The van der Waals surface area contributed by atoms with Crippen molar-refractivity contribution in [2.24, 2.45) is 0 Å². The number of benzene rings is 2. The minimum absolute atomic E-state index is 0.157. The van der Waals surface area contributed by atoms with Crippen molar-refractivity contribution >= 4 is 21.6 Å². The fourth-order valence-electron chi connectivity index (χ4n) is 2.67. The lowest BCUT2D eigenvalue weighted by Crippen LogP contribution is -2.38. The summed E-state index contributed by atoms with van der Waals surface area (Å²) in [5, 5.41) is 2.75. The van der Waals surface area contributed by atoms with Gasteiger partial charge in [-0.2, -0.15) is 0 Å². The number of methoxy groups -OCH3 is 1. The van der Waals surface area contributed by atoms with E-state index in [4.69, 9.17) is 4.74 Å². The quantitative estimate of drug-likeness (QED) is 0.806. The molecule has 0 heterocycles. The predicted molar refractivity (Wildman–Crippen MR) is 103 cm³/mol. The number of hydrogen-bond donors (Lipinski definition) is 1. The number of carbonyl (C=O) groups is 1. The summed E-state index contributed by atoms with van der Waals surface area (Å²) in [5.41, 5.74) is 3.05. The van der Waals surface area contributed by atoms with Crippen molar-refractivity contribution in [2.45, 2.75) is 13.8 Å². The van der Waals surface area contributed by atoms with Gasteiger partial charge in [0, 0.05) is 12.1 Å². The van der Waals surface area contributed by atoms with Crippen LogP contribution in [0.25, 0.3) is 0 Å². The van der Waals surface area contributed by atoms with Crippen molar-refractivity contribution in [3.05, 3.63) is 59.2 Å². The second-order valence-corrected chi connectivity index (χ2v) is 8.02. The lowest BCUT2D eigenvalue weighted by atomic mass is 10.1. The molecule has 26 heavy (non-hydrogen) atoms. The zero-order chi connectivity index (χ0) is 19.3. The van der Waals surface area contributed by atoms with Crippen LogP contribution in [0.2, 0.25) is 0 Å². The summed E-state index contributed by atoms with van der Waals surface area (Å²) in [7, 11) is -1.90. The molecule has 0 radical (unpaired) electrons. The maximum atomic E-state index is 12.2. The molecule has 0 aliphatic rings. The molecule has 0 saturated carbocycles. The first kappa shape index (κ1) is 19.8. The smallest absolute Gasteiger partial charge is 0.251 e. The van der Waals surface area contributed by atoms with Gasteiger partial charge in [-0.15, -0.1) is 0 Å². The van der Waals surface area contributed by atoms with E-state index in [0.29, 0.717) is 17.0 Å². The van der Waals surface area contributed by atoms with Crippen LogP contribution in [0.1, 0.15) is 21.5 Å². The Kier molecular flexibility index (Phi) is 6.26. The van der Waals surface area contributed by atoms with Gasteiger partial charge >= 0.3 is 0 Å². The van der Waals surface area contributed by atoms with Crippen molar-refractivity contribution in [2.75, 3.05) is 30.8 Å². The summed E-state index contributed by atoms with van der Waals surface area (Å²) < 4.78 is 30.7. The minimum atomic E-state index is -3.46. The summed E-state index contributed by atoms with van der Waals surface area (Å²) in [4.78, 5) is 12.2. The molecule has 0 fully saturated rings. The van der Waals surface area contributed by atoms with E-state index in [1.54, 1.807) is 37.4 Å². The van der Waals surface area contributed by atoms with Crippen LogP contribution in [0.3, 0.4) is 0 Å². The number of sulfonamides is 1. The maximum Gasteiger partial charge on any atom is 0.251 e. The topological polar surface area (TPSA) is 75.7 Å². The molecule has 0 aliphatic heterocycles. The van der Waals surface area contributed by atoms with Crippen LogP contribution in [0.5, 0.6) is 5.75 Å². The molecule has 7 heteroatoms. The summed E-state index contributed by atoms with van der Waals surface area (Å²) in [6.07, 6.45) is 1.16. The van der Waals surface area contributed by atoms with Gasteiger partial charge in [-0.1, -0.05) is 17.7 Å². The first-order valence-corrected chi connectivity index (χ1v) is 10.0. The molecule has 0 unspecified atom stereocenters. The molecule has 0 bridgehead atoms. The molecule has 2 aromatic carbocycles. The molecule has 1 N–H and O–H groups in total. The molecule has 2 rings (SSSR count). The zero-order valence-corrected chi connectivity index (χ0v) is 16.3. The second-order valence-electron chi connectivity index (χ2n) is 6.11. The number of aryl methyl sites for hydroxylation is 2. The average molecular weight is 376 g/mol. The minimum Gasteiger partial charge on any atom is -0.497 e. The number of carbonyl (C=O) groups excluding carboxylic acids is 1. The standard InChI is InChI=1S/C19H24N2O4S/c1-14-5-10-18(15(2)13-14)21(26(4,23)24)12-11-20-19(22)16-6-8-17(25-3)9-7-16/h5-10,13H,11-12H2,1-4H3,(H,20,22). The van der Waals surface area contributed by atoms with E-state index in [-0.39, 0.29) is 19.0 Å². The molecular formula is C19H24N2O4S. The van der Waals surface area contributed by atoms with Gasteiger partial charge in [0.05, 0.1) is 25.6 Å². The van der Waals surface area contributed by atoms with Gasteiger partial charge in [0.25, 0.3) is 5.91 Å². The number of nitrogens with one attached hydrogen (secondary N) is 1. The molecule has 6 nitrogen and oxygen atoms in total. The third-order valence-electron chi connectivity index (χ3n) is 3.97. The van der Waals surface area contributed by atoms with E-state index >= 15 is 0 Å². The third kappa shape index (κ3) is 4.98. The largest absolute Gasteiger partial charge is 0.497 e. The van der Waals surface area contributed by atoms with Crippen LogP contribution in [-0.2, 0) is 10.0 Å². The molecule has 0 spiro atoms. The van der Waals surface area contributed by atoms with Crippen LogP contribution in [0.15, 0.2) is 42.5 Å². The average Bonchev–Trinajstić information content (AvgIpc) is 2.58. The molecule has 0 atom stereocenters. The summed E-state index contributed by atoms with van der Waals surface area (Å²) in [6.45, 7) is 4.18. The van der Waals surface area contributed by atoms with E-state index in [2.05, 4.69) is 5.32 Å². The van der Waals surface area contributed by atoms with Gasteiger partial charge in [-0.05, 0) is 49.7 Å². The summed E-state index contributed by atoms with van der Waals surface area (Å²) >= 11 is 0. The maximum absolute atomic E-state index is 12.2. The van der Waals surface area contributed by atoms with Crippen LogP contribution < -0.4 is 14.4 Å². The monoisotopic (exact) mass is 376 g/mol. The van der Waals surface area contributed by atoms with Crippen molar-refractivity contribution < 1.29 is 17.9 Å². The highest BCUT2D eigenvalue weighted by molar-refractivity contribution is 7.92. The molecule has 1 amide bonds. The number of nitrogens with zero attached hydrogens (tertiary/aromatic N) is 1. The normalized spacial score (nSPS) is 11.1. The van der Waals surface area contributed by atoms with Crippen LogP contribution in [0, 0.1) is 13.8 Å². The molecule has 0 aliphatic carbocycles. The van der Waals surface area contributed by atoms with Gasteiger partial charge in [-0.25, -0.2) is 8.42 Å². The van der Waals surface area contributed by atoms with Crippen molar-refractivity contribution in [3.63, 3.8) is 0 Å². The molecular weight excluding hydrogens is 352 g/mol. The first-order chi connectivity index (χ1) is 12.2. The van der Waals surface area contributed by atoms with E-state index < -0.39 is 10.0 Å². The van der Waals surface area contributed by atoms with Gasteiger partial charge in [0.1, 0.15) is 5.75 Å². The Labute approximate surface area is 154 Å². The lowest BCUT2D eigenvalue weighted by molar-refractivity contribution is 0.0955. The van der Waals surface area contributed by atoms with Crippen molar-refractivity contribution in [1.29, 1.82) is 0 Å². The van der Waals surface area contributed by atoms with Crippen LogP contribution in [-0.4, -0.2) is 40.8 Å². The zero-order valence-electron chi connectivity index (χ0n) is 15.4. The highest BCUT2D eigenvalue weighted by Gasteiger charge is 2.19. The predicted octanol–water partition coefficient (Wildman–Crippen LogP) is 2.51. The number of ether oxygens (including phenoxy) is 1. The van der Waals surface area contributed by atoms with E-state index in [0.717, 1.165) is 17.4 Å². The highest BCUT2D eigenvalue weighted by atomic mass is 32.2. The number of rotatable bonds is 7. The number of amides is 1. The van der Waals surface area contributed by atoms with E-state index in [1.807, 2.05) is 26.0 Å². The highest BCUT2D eigenvalue weighted by Crippen LogP contribution is 2.23. The van der Waals surface area contributed by atoms with Crippen LogP contribution in [0.4, 0.5) is 5.69 Å². The van der Waals surface area contributed by atoms with Gasteiger partial charge in [-0.3, -0.25) is 9.10 Å². The SMILES string of the molecule is COc1ccc(C(=O)NCCN(c2ccc(C)cc2C)S(C)(=O)=O)cc1. The Balaban J connectivity index is 2.07. The number of anilines is 1. The van der Waals surface area contributed by atoms with E-state index in [9.17, 15) is 13.2 Å². The Hall–Kier alpha value is -2.54. The van der Waals surface area contributed by atoms with Gasteiger partial charge in [0.15, 0.2) is 0 Å².